The summed E-state index contributed by atoms with van der Waals surface area (Å²) in [5.41, 5.74) is 4.54. The standard InChI is InChI=1S/C29H21Cl3N2O3/c1-37-20-11-9-18(10-12-20)15-33-16-23-22(21-5-2-3-6-24(21)30)13-19(17-35)14-27(23)34(29(33)36)28-25(31)7-4-8-26(28)32/h2-14,17H,15-16H2,1H3. The van der Waals surface area contributed by atoms with Crippen LogP contribution in [0.4, 0.5) is 16.2 Å². The number of urea groups is 1. The number of benzene rings is 4. The maximum absolute atomic E-state index is 14.0. The molecule has 4 aromatic rings. The van der Waals surface area contributed by atoms with E-state index in [2.05, 4.69) is 0 Å². The minimum Gasteiger partial charge on any atom is -0.497 e. The second-order valence-electron chi connectivity index (χ2n) is 8.56. The summed E-state index contributed by atoms with van der Waals surface area (Å²) >= 11 is 19.8. The normalized spacial score (nSPS) is 12.9. The molecule has 0 saturated carbocycles. The van der Waals surface area contributed by atoms with Gasteiger partial charge in [-0.15, -0.1) is 0 Å². The zero-order valence-electron chi connectivity index (χ0n) is 19.8. The summed E-state index contributed by atoms with van der Waals surface area (Å²) in [7, 11) is 1.61. The van der Waals surface area contributed by atoms with E-state index in [9.17, 15) is 9.59 Å². The summed E-state index contributed by atoms with van der Waals surface area (Å²) in [6.07, 6.45) is 0.751. The Labute approximate surface area is 229 Å². The number of methoxy groups -OCH3 is 1. The van der Waals surface area contributed by atoms with Crippen molar-refractivity contribution in [3.05, 3.63) is 111 Å². The van der Waals surface area contributed by atoms with E-state index in [-0.39, 0.29) is 6.03 Å². The molecule has 2 amide bonds. The Morgan fingerprint density at radius 3 is 2.19 bits per heavy atom. The van der Waals surface area contributed by atoms with E-state index in [0.29, 0.717) is 45.1 Å². The molecular formula is C29H21Cl3N2O3. The number of hydrogen-bond acceptors (Lipinski definition) is 3. The van der Waals surface area contributed by atoms with Gasteiger partial charge in [0.05, 0.1) is 35.1 Å². The molecule has 1 aliphatic heterocycles. The Bertz CT molecular complexity index is 1490. The van der Waals surface area contributed by atoms with Crippen LogP contribution >= 0.6 is 34.8 Å². The van der Waals surface area contributed by atoms with Gasteiger partial charge in [0.15, 0.2) is 0 Å². The molecule has 0 N–H and O–H groups in total. The zero-order chi connectivity index (χ0) is 26.1. The quantitative estimate of drug-likeness (QED) is 0.226. The van der Waals surface area contributed by atoms with Crippen LogP contribution < -0.4 is 9.64 Å². The minimum absolute atomic E-state index is 0.290. The number of carbonyl (C=O) groups is 2. The number of halogens is 3. The molecule has 0 spiro atoms. The predicted molar refractivity (Wildman–Crippen MR) is 149 cm³/mol. The highest BCUT2D eigenvalue weighted by Gasteiger charge is 2.36. The fourth-order valence-electron chi connectivity index (χ4n) is 4.53. The molecule has 0 bridgehead atoms. The van der Waals surface area contributed by atoms with E-state index >= 15 is 0 Å². The lowest BCUT2D eigenvalue weighted by Gasteiger charge is -2.39. The lowest BCUT2D eigenvalue weighted by molar-refractivity contribution is 0.112. The first-order chi connectivity index (χ1) is 17.9. The van der Waals surface area contributed by atoms with E-state index in [1.54, 1.807) is 48.4 Å². The lowest BCUT2D eigenvalue weighted by Crippen LogP contribution is -2.44. The number of carbonyl (C=O) groups excluding carboxylic acids is 2. The van der Waals surface area contributed by atoms with Crippen LogP contribution in [0.1, 0.15) is 21.5 Å². The fourth-order valence-corrected chi connectivity index (χ4v) is 5.33. The molecule has 0 radical (unpaired) electrons. The van der Waals surface area contributed by atoms with Crippen LogP contribution in [0.25, 0.3) is 11.1 Å². The van der Waals surface area contributed by atoms with Gasteiger partial charge < -0.3 is 9.64 Å². The van der Waals surface area contributed by atoms with Crippen LogP contribution in [0, 0.1) is 0 Å². The monoisotopic (exact) mass is 550 g/mol. The van der Waals surface area contributed by atoms with Gasteiger partial charge in [0.1, 0.15) is 12.0 Å². The Morgan fingerprint density at radius 1 is 0.865 bits per heavy atom. The lowest BCUT2D eigenvalue weighted by atomic mass is 9.93. The highest BCUT2D eigenvalue weighted by atomic mass is 35.5. The van der Waals surface area contributed by atoms with Crippen molar-refractivity contribution in [3.63, 3.8) is 0 Å². The van der Waals surface area contributed by atoms with Crippen LogP contribution in [0.15, 0.2) is 78.9 Å². The first-order valence-electron chi connectivity index (χ1n) is 11.4. The number of ether oxygens (including phenoxy) is 1. The molecule has 5 rings (SSSR count). The Morgan fingerprint density at radius 2 is 1.54 bits per heavy atom. The molecule has 5 nitrogen and oxygen atoms in total. The summed E-state index contributed by atoms with van der Waals surface area (Å²) in [4.78, 5) is 29.2. The van der Waals surface area contributed by atoms with Gasteiger partial charge in [-0.2, -0.15) is 0 Å². The summed E-state index contributed by atoms with van der Waals surface area (Å²) in [5.74, 6) is 0.728. The number of nitrogens with zero attached hydrogens (tertiary/aromatic N) is 2. The van der Waals surface area contributed by atoms with Crippen LogP contribution in [0.2, 0.25) is 15.1 Å². The Kier molecular flexibility index (Phi) is 7.11. The molecule has 1 aliphatic rings. The summed E-state index contributed by atoms with van der Waals surface area (Å²) in [5, 5.41) is 1.16. The SMILES string of the molecule is COc1ccc(CN2Cc3c(-c4ccccc4Cl)cc(C=O)cc3N(c3c(Cl)cccc3Cl)C2=O)cc1. The van der Waals surface area contributed by atoms with Crippen molar-refractivity contribution in [2.75, 3.05) is 12.0 Å². The van der Waals surface area contributed by atoms with Crippen molar-refractivity contribution in [1.29, 1.82) is 0 Å². The van der Waals surface area contributed by atoms with E-state index in [1.165, 1.54) is 4.90 Å². The topological polar surface area (TPSA) is 49.9 Å². The van der Waals surface area contributed by atoms with Crippen LogP contribution in [0.5, 0.6) is 5.75 Å². The predicted octanol–water partition coefficient (Wildman–Crippen LogP) is 8.41. The first kappa shape index (κ1) is 25.2. The average molecular weight is 552 g/mol. The number of anilines is 2. The highest BCUT2D eigenvalue weighted by molar-refractivity contribution is 6.40. The second-order valence-corrected chi connectivity index (χ2v) is 9.78. The maximum Gasteiger partial charge on any atom is 0.329 e. The van der Waals surface area contributed by atoms with E-state index in [4.69, 9.17) is 39.5 Å². The third kappa shape index (κ3) is 4.78. The first-order valence-corrected chi connectivity index (χ1v) is 12.6. The molecule has 0 aromatic heterocycles. The van der Waals surface area contributed by atoms with Crippen molar-refractivity contribution >= 4 is 58.5 Å². The average Bonchev–Trinajstić information content (AvgIpc) is 2.90. The summed E-state index contributed by atoms with van der Waals surface area (Å²) in [6, 6.07) is 23.2. The zero-order valence-corrected chi connectivity index (χ0v) is 22.0. The number of fused-ring (bicyclic) bond motifs is 1. The minimum atomic E-state index is -0.313. The third-order valence-corrected chi connectivity index (χ3v) is 7.23. The van der Waals surface area contributed by atoms with Gasteiger partial charge in [-0.1, -0.05) is 71.2 Å². The van der Waals surface area contributed by atoms with Crippen molar-refractivity contribution in [3.8, 4) is 16.9 Å². The summed E-state index contributed by atoms with van der Waals surface area (Å²) < 4.78 is 5.27. The molecular weight excluding hydrogens is 531 g/mol. The van der Waals surface area contributed by atoms with Crippen LogP contribution in [0.3, 0.4) is 0 Å². The Hall–Kier alpha value is -3.51. The molecule has 1 heterocycles. The van der Waals surface area contributed by atoms with E-state index < -0.39 is 0 Å². The smallest absolute Gasteiger partial charge is 0.329 e. The largest absolute Gasteiger partial charge is 0.497 e. The van der Waals surface area contributed by atoms with Crippen molar-refractivity contribution < 1.29 is 14.3 Å². The number of para-hydroxylation sites is 1. The molecule has 0 unspecified atom stereocenters. The molecule has 0 saturated heterocycles. The van der Waals surface area contributed by atoms with Gasteiger partial charge in [0.25, 0.3) is 0 Å². The molecule has 4 aromatic carbocycles. The third-order valence-electron chi connectivity index (χ3n) is 6.29. The molecule has 8 heteroatoms. The number of rotatable bonds is 6. The molecule has 0 fully saturated rings. The number of amides is 2. The molecule has 0 aliphatic carbocycles. The van der Waals surface area contributed by atoms with E-state index in [1.807, 2.05) is 42.5 Å². The fraction of sp³-hybridized carbons (Fsp3) is 0.103. The van der Waals surface area contributed by atoms with Gasteiger partial charge in [-0.3, -0.25) is 9.69 Å². The van der Waals surface area contributed by atoms with Gasteiger partial charge in [-0.25, -0.2) is 4.79 Å². The second kappa shape index (κ2) is 10.5. The Balaban J connectivity index is 1.73. The number of aldehydes is 1. The molecule has 0 atom stereocenters. The maximum atomic E-state index is 14.0. The summed E-state index contributed by atoms with van der Waals surface area (Å²) in [6.45, 7) is 0.622. The van der Waals surface area contributed by atoms with Gasteiger partial charge in [0.2, 0.25) is 0 Å². The molecule has 37 heavy (non-hydrogen) atoms. The van der Waals surface area contributed by atoms with Crippen molar-refractivity contribution in [2.24, 2.45) is 0 Å². The molecule has 186 valence electrons. The van der Waals surface area contributed by atoms with Gasteiger partial charge in [-0.05, 0) is 53.6 Å². The van der Waals surface area contributed by atoms with Gasteiger partial charge in [0, 0.05) is 28.3 Å². The van der Waals surface area contributed by atoms with Crippen molar-refractivity contribution in [2.45, 2.75) is 13.1 Å². The van der Waals surface area contributed by atoms with Crippen LogP contribution in [-0.2, 0) is 13.1 Å². The van der Waals surface area contributed by atoms with Gasteiger partial charge >= 0.3 is 6.03 Å². The number of hydrogen-bond donors (Lipinski definition) is 0. The van der Waals surface area contributed by atoms with Crippen LogP contribution in [-0.4, -0.2) is 24.3 Å². The van der Waals surface area contributed by atoms with Crippen molar-refractivity contribution in [1.82, 2.24) is 4.90 Å². The van der Waals surface area contributed by atoms with E-state index in [0.717, 1.165) is 34.3 Å². The highest BCUT2D eigenvalue weighted by Crippen LogP contribution is 2.46.